The van der Waals surface area contributed by atoms with Crippen LogP contribution in [-0.4, -0.2) is 56.9 Å². The standard InChI is InChI=1S/C19H19FN6O2/c1-27-18-16-12(11-2-3-15-21-5-6-26(15)9-11)8-22-17(16)24-19(25-18)23-14-4-7-28-10-13(14)20/h2-3,5-6,8-9,13-14H,4,7,10H2,1H3,(H2,22,23,24,25)/t13-,14+/m0/s1. The van der Waals surface area contributed by atoms with Crippen LogP contribution >= 0.6 is 0 Å². The second-order valence-corrected chi connectivity index (χ2v) is 6.72. The molecule has 0 amide bonds. The predicted molar refractivity (Wildman–Crippen MR) is 102 cm³/mol. The molecular weight excluding hydrogens is 363 g/mol. The van der Waals surface area contributed by atoms with Gasteiger partial charge in [-0.05, 0) is 18.6 Å². The first kappa shape index (κ1) is 16.9. The molecule has 0 spiro atoms. The van der Waals surface area contributed by atoms with Crippen LogP contribution in [0.15, 0.2) is 36.9 Å². The number of anilines is 1. The fraction of sp³-hybridized carbons (Fsp3) is 0.316. The molecule has 0 aromatic carbocycles. The molecule has 144 valence electrons. The Morgan fingerprint density at radius 3 is 3.14 bits per heavy atom. The molecule has 0 saturated carbocycles. The molecule has 2 N–H and O–H groups in total. The van der Waals surface area contributed by atoms with E-state index in [-0.39, 0.29) is 12.6 Å². The van der Waals surface area contributed by atoms with Crippen molar-refractivity contribution in [3.05, 3.63) is 36.9 Å². The van der Waals surface area contributed by atoms with Crippen molar-refractivity contribution in [2.45, 2.75) is 18.6 Å². The Balaban J connectivity index is 1.55. The summed E-state index contributed by atoms with van der Waals surface area (Å²) in [4.78, 5) is 16.4. The summed E-state index contributed by atoms with van der Waals surface area (Å²) < 4.78 is 26.7. The molecule has 1 saturated heterocycles. The van der Waals surface area contributed by atoms with Crippen LogP contribution in [0.4, 0.5) is 10.3 Å². The zero-order valence-corrected chi connectivity index (χ0v) is 15.2. The minimum absolute atomic E-state index is 0.0838. The number of alkyl halides is 1. The summed E-state index contributed by atoms with van der Waals surface area (Å²) in [6, 6.07) is 3.56. The maximum atomic E-state index is 14.1. The number of hydrogen-bond donors (Lipinski definition) is 2. The fourth-order valence-corrected chi connectivity index (χ4v) is 3.55. The van der Waals surface area contributed by atoms with Crippen LogP contribution in [0.25, 0.3) is 27.8 Å². The molecule has 4 aromatic rings. The third-order valence-electron chi connectivity index (χ3n) is 4.99. The molecule has 1 fully saturated rings. The number of ether oxygens (including phenoxy) is 2. The molecule has 0 radical (unpaired) electrons. The molecule has 5 rings (SSSR count). The molecule has 2 atom stereocenters. The minimum atomic E-state index is -1.10. The largest absolute Gasteiger partial charge is 0.480 e. The van der Waals surface area contributed by atoms with Crippen molar-refractivity contribution in [2.24, 2.45) is 0 Å². The first-order chi connectivity index (χ1) is 13.7. The highest BCUT2D eigenvalue weighted by Gasteiger charge is 2.26. The molecule has 28 heavy (non-hydrogen) atoms. The Labute approximate surface area is 159 Å². The lowest BCUT2D eigenvalue weighted by Gasteiger charge is -2.26. The van der Waals surface area contributed by atoms with Crippen molar-refractivity contribution in [3.63, 3.8) is 0 Å². The predicted octanol–water partition coefficient (Wildman–Crippen LogP) is 2.82. The van der Waals surface area contributed by atoms with Crippen LogP contribution in [0.1, 0.15) is 6.42 Å². The van der Waals surface area contributed by atoms with E-state index in [1.54, 1.807) is 13.3 Å². The number of fused-ring (bicyclic) bond motifs is 2. The fourth-order valence-electron chi connectivity index (χ4n) is 3.55. The lowest BCUT2D eigenvalue weighted by molar-refractivity contribution is 0.0284. The van der Waals surface area contributed by atoms with Crippen LogP contribution in [0.2, 0.25) is 0 Å². The third kappa shape index (κ3) is 2.84. The van der Waals surface area contributed by atoms with Crippen molar-refractivity contribution in [1.82, 2.24) is 24.3 Å². The zero-order chi connectivity index (χ0) is 19.1. The number of hydrogen-bond acceptors (Lipinski definition) is 6. The van der Waals surface area contributed by atoms with Gasteiger partial charge in [0.25, 0.3) is 0 Å². The molecule has 0 unspecified atom stereocenters. The Morgan fingerprint density at radius 2 is 2.29 bits per heavy atom. The number of rotatable bonds is 4. The normalized spacial score (nSPS) is 19.9. The third-order valence-corrected chi connectivity index (χ3v) is 4.99. The van der Waals surface area contributed by atoms with Gasteiger partial charge in [0.15, 0.2) is 0 Å². The van der Waals surface area contributed by atoms with Gasteiger partial charge in [-0.25, -0.2) is 9.37 Å². The van der Waals surface area contributed by atoms with E-state index in [0.29, 0.717) is 30.5 Å². The second-order valence-electron chi connectivity index (χ2n) is 6.72. The molecule has 1 aliphatic heterocycles. The lowest BCUT2D eigenvalue weighted by Crippen LogP contribution is -2.39. The Morgan fingerprint density at radius 1 is 1.36 bits per heavy atom. The Hall–Kier alpha value is -3.20. The van der Waals surface area contributed by atoms with Gasteiger partial charge in [0.1, 0.15) is 17.5 Å². The summed E-state index contributed by atoms with van der Waals surface area (Å²) in [5.41, 5.74) is 3.39. The summed E-state index contributed by atoms with van der Waals surface area (Å²) in [6.45, 7) is 0.598. The van der Waals surface area contributed by atoms with Gasteiger partial charge in [-0.3, -0.25) is 0 Å². The number of H-pyrrole nitrogens is 1. The van der Waals surface area contributed by atoms with Crippen molar-refractivity contribution < 1.29 is 13.9 Å². The van der Waals surface area contributed by atoms with Crippen molar-refractivity contribution in [2.75, 3.05) is 25.6 Å². The number of imidazole rings is 1. The molecule has 5 heterocycles. The van der Waals surface area contributed by atoms with Gasteiger partial charge < -0.3 is 24.2 Å². The average molecular weight is 382 g/mol. The van der Waals surface area contributed by atoms with Gasteiger partial charge in [-0.2, -0.15) is 9.97 Å². The van der Waals surface area contributed by atoms with E-state index in [0.717, 1.165) is 22.2 Å². The van der Waals surface area contributed by atoms with Crippen molar-refractivity contribution in [1.29, 1.82) is 0 Å². The van der Waals surface area contributed by atoms with Gasteiger partial charge >= 0.3 is 0 Å². The van der Waals surface area contributed by atoms with Crippen LogP contribution in [0.5, 0.6) is 5.88 Å². The molecular formula is C19H19FN6O2. The minimum Gasteiger partial charge on any atom is -0.480 e. The van der Waals surface area contributed by atoms with Gasteiger partial charge in [-0.15, -0.1) is 0 Å². The number of pyridine rings is 1. The highest BCUT2D eigenvalue weighted by atomic mass is 19.1. The van der Waals surface area contributed by atoms with Crippen LogP contribution in [0, 0.1) is 0 Å². The Kier molecular flexibility index (Phi) is 4.09. The van der Waals surface area contributed by atoms with Gasteiger partial charge in [0, 0.05) is 42.5 Å². The summed E-state index contributed by atoms with van der Waals surface area (Å²) in [7, 11) is 1.56. The summed E-state index contributed by atoms with van der Waals surface area (Å²) in [5, 5.41) is 3.85. The molecule has 0 aliphatic carbocycles. The number of aromatic nitrogens is 5. The number of nitrogens with one attached hydrogen (secondary N) is 2. The van der Waals surface area contributed by atoms with Crippen molar-refractivity contribution >= 4 is 22.6 Å². The van der Waals surface area contributed by atoms with Crippen LogP contribution in [-0.2, 0) is 4.74 Å². The van der Waals surface area contributed by atoms with E-state index in [2.05, 4.69) is 25.3 Å². The highest BCUT2D eigenvalue weighted by molar-refractivity contribution is 5.97. The van der Waals surface area contributed by atoms with E-state index in [9.17, 15) is 4.39 Å². The van der Waals surface area contributed by atoms with E-state index in [4.69, 9.17) is 9.47 Å². The summed E-state index contributed by atoms with van der Waals surface area (Å²) in [6.07, 6.45) is 6.98. The Bertz CT molecular complexity index is 1140. The summed E-state index contributed by atoms with van der Waals surface area (Å²) >= 11 is 0. The highest BCUT2D eigenvalue weighted by Crippen LogP contribution is 2.34. The average Bonchev–Trinajstić information content (AvgIpc) is 3.35. The van der Waals surface area contributed by atoms with E-state index in [1.807, 2.05) is 35.1 Å². The van der Waals surface area contributed by atoms with Crippen LogP contribution in [0.3, 0.4) is 0 Å². The zero-order valence-electron chi connectivity index (χ0n) is 15.2. The lowest BCUT2D eigenvalue weighted by atomic mass is 10.1. The molecule has 1 aliphatic rings. The van der Waals surface area contributed by atoms with E-state index >= 15 is 0 Å². The maximum absolute atomic E-state index is 14.1. The van der Waals surface area contributed by atoms with Crippen molar-refractivity contribution in [3.8, 4) is 17.0 Å². The molecule has 9 heteroatoms. The number of methoxy groups -OCH3 is 1. The molecule has 0 bridgehead atoms. The number of aromatic amines is 1. The van der Waals surface area contributed by atoms with Gasteiger partial charge in [0.05, 0.1) is 25.1 Å². The quantitative estimate of drug-likeness (QED) is 0.564. The smallest absolute Gasteiger partial charge is 0.228 e. The van der Waals surface area contributed by atoms with Gasteiger partial charge in [0.2, 0.25) is 11.8 Å². The second kappa shape index (κ2) is 6.75. The molecule has 8 nitrogen and oxygen atoms in total. The van der Waals surface area contributed by atoms with E-state index in [1.165, 1.54) is 0 Å². The number of nitrogens with zero attached hydrogens (tertiary/aromatic N) is 4. The van der Waals surface area contributed by atoms with Crippen LogP contribution < -0.4 is 10.1 Å². The monoisotopic (exact) mass is 382 g/mol. The topological polar surface area (TPSA) is 89.4 Å². The molecule has 4 aromatic heterocycles. The van der Waals surface area contributed by atoms with E-state index < -0.39 is 6.17 Å². The van der Waals surface area contributed by atoms with Gasteiger partial charge in [-0.1, -0.05) is 0 Å². The first-order valence-electron chi connectivity index (χ1n) is 9.07. The SMILES string of the molecule is COc1nc(N[C@@H]2CCOC[C@@H]2F)nc2[nH]cc(-c3ccc4nccn4c3)c12. The maximum Gasteiger partial charge on any atom is 0.228 e. The number of halogens is 1. The summed E-state index contributed by atoms with van der Waals surface area (Å²) in [5.74, 6) is 0.759. The first-order valence-corrected chi connectivity index (χ1v) is 9.07.